The van der Waals surface area contributed by atoms with Crippen molar-refractivity contribution in [2.75, 3.05) is 12.3 Å². The highest BCUT2D eigenvalue weighted by Crippen LogP contribution is 2.02. The Morgan fingerprint density at radius 1 is 1.39 bits per heavy atom. The number of aromatic nitrogens is 2. The second-order valence-corrected chi connectivity index (χ2v) is 3.56. The lowest BCUT2D eigenvalue weighted by molar-refractivity contribution is -0.121. The molecule has 1 aromatic rings. The van der Waals surface area contributed by atoms with Gasteiger partial charge in [0.2, 0.25) is 5.91 Å². The predicted molar refractivity (Wildman–Crippen MR) is 63.1 cm³/mol. The zero-order valence-electron chi connectivity index (χ0n) is 9.80. The summed E-state index contributed by atoms with van der Waals surface area (Å²) in [6.07, 6.45) is 2.45. The van der Waals surface area contributed by atoms with Gasteiger partial charge in [-0.15, -0.1) is 0 Å². The van der Waals surface area contributed by atoms with Crippen LogP contribution >= 0.6 is 0 Å². The number of hydrazone groups is 1. The molecule has 0 aliphatic carbocycles. The van der Waals surface area contributed by atoms with Gasteiger partial charge in [0.25, 0.3) is 0 Å². The summed E-state index contributed by atoms with van der Waals surface area (Å²) >= 11 is 0. The van der Waals surface area contributed by atoms with Crippen molar-refractivity contribution < 1.29 is 14.5 Å². The minimum Gasteiger partial charge on any atom is -0.396 e. The smallest absolute Gasteiger partial charge is 0.240 e. The van der Waals surface area contributed by atoms with Gasteiger partial charge < -0.3 is 16.6 Å². The van der Waals surface area contributed by atoms with Gasteiger partial charge in [-0.1, -0.05) is 6.42 Å². The van der Waals surface area contributed by atoms with E-state index in [-0.39, 0.29) is 29.9 Å². The number of nitrogens with zero attached hydrogens (tertiary/aromatic N) is 3. The van der Waals surface area contributed by atoms with Crippen molar-refractivity contribution in [2.45, 2.75) is 25.7 Å². The van der Waals surface area contributed by atoms with Crippen molar-refractivity contribution in [3.05, 3.63) is 5.69 Å². The average molecular weight is 256 g/mol. The Morgan fingerprint density at radius 3 is 2.78 bits per heavy atom. The largest absolute Gasteiger partial charge is 0.396 e. The van der Waals surface area contributed by atoms with Crippen LogP contribution < -0.4 is 16.9 Å². The molecule has 18 heavy (non-hydrogen) atoms. The standard InChI is InChI=1S/C9H16N6O3/c10-8(7-9(11)15-18-14-7)13-12-6(17)4-2-1-3-5-16/h16H,1-5H2,(H2,10,13)(H2,11,15)(H,12,17). The number of amides is 1. The molecule has 1 rings (SSSR count). The van der Waals surface area contributed by atoms with Gasteiger partial charge in [-0.25, -0.2) is 10.1 Å². The molecule has 0 unspecified atom stereocenters. The number of rotatable bonds is 7. The minimum absolute atomic E-state index is 0.00782. The number of aliphatic hydroxyl groups is 1. The van der Waals surface area contributed by atoms with Crippen LogP contribution in [0, 0.1) is 0 Å². The molecule has 0 aliphatic rings. The molecule has 0 atom stereocenters. The van der Waals surface area contributed by atoms with Crippen LogP contribution in [-0.2, 0) is 4.79 Å². The SMILES string of the molecule is N/C(=N\NC(=O)CCCCCO)c1nonc1N. The van der Waals surface area contributed by atoms with E-state index in [0.29, 0.717) is 19.3 Å². The minimum atomic E-state index is -0.272. The maximum atomic E-state index is 11.3. The maximum absolute atomic E-state index is 11.3. The molecular weight excluding hydrogens is 240 g/mol. The van der Waals surface area contributed by atoms with Gasteiger partial charge in [0.1, 0.15) is 0 Å². The molecular formula is C9H16N6O3. The van der Waals surface area contributed by atoms with Gasteiger partial charge in [-0.3, -0.25) is 4.79 Å². The molecule has 0 radical (unpaired) electrons. The molecule has 9 nitrogen and oxygen atoms in total. The van der Waals surface area contributed by atoms with Crippen LogP contribution in [0.4, 0.5) is 5.82 Å². The first-order chi connectivity index (χ1) is 8.65. The Morgan fingerprint density at radius 2 is 2.17 bits per heavy atom. The van der Waals surface area contributed by atoms with Crippen molar-refractivity contribution in [1.82, 2.24) is 15.7 Å². The molecule has 0 bridgehead atoms. The van der Waals surface area contributed by atoms with Gasteiger partial charge in [0.05, 0.1) is 0 Å². The molecule has 0 aliphatic heterocycles. The van der Waals surface area contributed by atoms with E-state index in [1.807, 2.05) is 0 Å². The summed E-state index contributed by atoms with van der Waals surface area (Å²) < 4.78 is 4.34. The normalized spacial score (nSPS) is 11.5. The molecule has 0 saturated heterocycles. The zero-order valence-corrected chi connectivity index (χ0v) is 9.80. The van der Waals surface area contributed by atoms with E-state index in [1.165, 1.54) is 0 Å². The van der Waals surface area contributed by atoms with E-state index in [1.54, 1.807) is 0 Å². The van der Waals surface area contributed by atoms with Crippen molar-refractivity contribution in [3.63, 3.8) is 0 Å². The van der Waals surface area contributed by atoms with Crippen LogP contribution in [0.3, 0.4) is 0 Å². The number of nitrogens with one attached hydrogen (secondary N) is 1. The number of unbranched alkanes of at least 4 members (excludes halogenated alkanes) is 2. The Hall–Kier alpha value is -2.16. The number of nitrogens with two attached hydrogens (primary N) is 2. The zero-order chi connectivity index (χ0) is 13.4. The van der Waals surface area contributed by atoms with Crippen LogP contribution in [0.5, 0.6) is 0 Å². The highest BCUT2D eigenvalue weighted by Gasteiger charge is 2.10. The predicted octanol–water partition coefficient (Wildman–Crippen LogP) is -1.06. The highest BCUT2D eigenvalue weighted by atomic mass is 16.6. The van der Waals surface area contributed by atoms with Crippen LogP contribution in [0.2, 0.25) is 0 Å². The number of nitrogen functional groups attached to an aromatic ring is 1. The fourth-order valence-electron chi connectivity index (χ4n) is 1.18. The molecule has 9 heteroatoms. The number of hydrogen-bond donors (Lipinski definition) is 4. The monoisotopic (exact) mass is 256 g/mol. The Balaban J connectivity index is 2.35. The van der Waals surface area contributed by atoms with Gasteiger partial charge >= 0.3 is 0 Å². The number of anilines is 1. The van der Waals surface area contributed by atoms with E-state index in [4.69, 9.17) is 16.6 Å². The fourth-order valence-corrected chi connectivity index (χ4v) is 1.18. The molecule has 0 saturated carbocycles. The molecule has 0 spiro atoms. The summed E-state index contributed by atoms with van der Waals surface area (Å²) in [6, 6.07) is 0. The van der Waals surface area contributed by atoms with Crippen LogP contribution in [-0.4, -0.2) is 33.8 Å². The summed E-state index contributed by atoms with van der Waals surface area (Å²) in [5, 5.41) is 19.0. The lowest BCUT2D eigenvalue weighted by atomic mass is 10.2. The van der Waals surface area contributed by atoms with Crippen molar-refractivity contribution in [3.8, 4) is 0 Å². The van der Waals surface area contributed by atoms with E-state index in [9.17, 15) is 4.79 Å². The molecule has 100 valence electrons. The number of carbonyl (C=O) groups excluding carboxylic acids is 1. The summed E-state index contributed by atoms with van der Waals surface area (Å²) in [6.45, 7) is 0.130. The summed E-state index contributed by atoms with van der Waals surface area (Å²) in [4.78, 5) is 11.3. The Bertz CT molecular complexity index is 416. The van der Waals surface area contributed by atoms with E-state index >= 15 is 0 Å². The van der Waals surface area contributed by atoms with Crippen LogP contribution in [0.15, 0.2) is 9.73 Å². The quantitative estimate of drug-likeness (QED) is 0.210. The first kappa shape index (κ1) is 13.9. The second-order valence-electron chi connectivity index (χ2n) is 3.56. The lowest BCUT2D eigenvalue weighted by Gasteiger charge is -2.00. The van der Waals surface area contributed by atoms with Crippen LogP contribution in [0.1, 0.15) is 31.4 Å². The topological polar surface area (TPSA) is 153 Å². The van der Waals surface area contributed by atoms with E-state index < -0.39 is 0 Å². The first-order valence-electron chi connectivity index (χ1n) is 5.46. The second kappa shape index (κ2) is 7.22. The third-order valence-electron chi connectivity index (χ3n) is 2.12. The van der Waals surface area contributed by atoms with E-state index in [0.717, 1.165) is 6.42 Å². The van der Waals surface area contributed by atoms with Crippen molar-refractivity contribution in [2.24, 2.45) is 10.8 Å². The third-order valence-corrected chi connectivity index (χ3v) is 2.12. The van der Waals surface area contributed by atoms with Gasteiger partial charge in [-0.2, -0.15) is 5.10 Å². The third kappa shape index (κ3) is 4.37. The average Bonchev–Trinajstić information content (AvgIpc) is 2.78. The van der Waals surface area contributed by atoms with Gasteiger partial charge in [0, 0.05) is 13.0 Å². The number of hydrogen-bond acceptors (Lipinski definition) is 7. The van der Waals surface area contributed by atoms with Gasteiger partial charge in [-0.05, 0) is 23.2 Å². The first-order valence-corrected chi connectivity index (χ1v) is 5.46. The summed E-state index contributed by atoms with van der Waals surface area (Å²) in [5.74, 6) is -0.336. The number of amidine groups is 1. The molecule has 1 heterocycles. The maximum Gasteiger partial charge on any atom is 0.240 e. The van der Waals surface area contributed by atoms with E-state index in [2.05, 4.69) is 25.5 Å². The summed E-state index contributed by atoms with van der Waals surface area (Å²) in [5.41, 5.74) is 13.3. The van der Waals surface area contributed by atoms with Crippen LogP contribution in [0.25, 0.3) is 0 Å². The molecule has 0 fully saturated rings. The molecule has 1 aromatic heterocycles. The number of aliphatic hydroxyl groups excluding tert-OH is 1. The fraction of sp³-hybridized carbons (Fsp3) is 0.556. The lowest BCUT2D eigenvalue weighted by Crippen LogP contribution is -2.24. The molecule has 6 N–H and O–H groups in total. The van der Waals surface area contributed by atoms with Crippen molar-refractivity contribution in [1.29, 1.82) is 0 Å². The van der Waals surface area contributed by atoms with Gasteiger partial charge in [0.15, 0.2) is 17.3 Å². The van der Waals surface area contributed by atoms with Crippen molar-refractivity contribution >= 4 is 17.6 Å². The highest BCUT2D eigenvalue weighted by molar-refractivity contribution is 5.99. The molecule has 0 aromatic carbocycles. The Labute approximate surface area is 103 Å². The number of carbonyl (C=O) groups is 1. The Kier molecular flexibility index (Phi) is 5.58. The molecule has 1 amide bonds. The summed E-state index contributed by atoms with van der Waals surface area (Å²) in [7, 11) is 0.